The quantitative estimate of drug-likeness (QED) is 0.824. The highest BCUT2D eigenvalue weighted by Crippen LogP contribution is 2.30. The Labute approximate surface area is 107 Å². The van der Waals surface area contributed by atoms with E-state index < -0.39 is 0 Å². The first kappa shape index (κ1) is 12.8. The molecule has 2 heterocycles. The van der Waals surface area contributed by atoms with Crippen molar-refractivity contribution in [2.75, 3.05) is 26.8 Å². The number of carbonyl (C=O) groups excluding carboxylic acids is 1. The van der Waals surface area contributed by atoms with Gasteiger partial charge in [0.15, 0.2) is 0 Å². The summed E-state index contributed by atoms with van der Waals surface area (Å²) in [4.78, 5) is 18.2. The predicted octanol–water partition coefficient (Wildman–Crippen LogP) is 1.57. The third kappa shape index (κ3) is 2.98. The van der Waals surface area contributed by atoms with Gasteiger partial charge >= 0.3 is 6.03 Å². The molecule has 1 unspecified atom stereocenters. The molecule has 0 aromatic carbocycles. The van der Waals surface area contributed by atoms with Crippen LogP contribution in [0.2, 0.25) is 0 Å². The van der Waals surface area contributed by atoms with Crippen LogP contribution in [0.1, 0.15) is 24.6 Å². The maximum absolute atomic E-state index is 12.0. The molecule has 98 valence electrons. The molecule has 5 nitrogen and oxygen atoms in total. The number of ether oxygens (including phenoxy) is 1. The average molecular weight is 249 g/mol. The van der Waals surface area contributed by atoms with Gasteiger partial charge in [0.05, 0.1) is 18.3 Å². The summed E-state index contributed by atoms with van der Waals surface area (Å²) in [6.07, 6.45) is 3.78. The molecular weight excluding hydrogens is 230 g/mol. The maximum Gasteiger partial charge on any atom is 0.318 e. The number of rotatable bonds is 4. The number of methoxy groups -OCH3 is 1. The first-order valence-electron chi connectivity index (χ1n) is 6.27. The van der Waals surface area contributed by atoms with Crippen molar-refractivity contribution in [1.82, 2.24) is 15.2 Å². The van der Waals surface area contributed by atoms with Gasteiger partial charge in [0, 0.05) is 26.4 Å². The van der Waals surface area contributed by atoms with Crippen LogP contribution in [0.25, 0.3) is 0 Å². The van der Waals surface area contributed by atoms with Crippen LogP contribution >= 0.6 is 0 Å². The van der Waals surface area contributed by atoms with E-state index in [1.54, 1.807) is 13.3 Å². The summed E-state index contributed by atoms with van der Waals surface area (Å²) >= 11 is 0. The summed E-state index contributed by atoms with van der Waals surface area (Å²) in [6.45, 7) is 1.87. The normalized spacial score (nSPS) is 18.9. The topological polar surface area (TPSA) is 54.5 Å². The summed E-state index contributed by atoms with van der Waals surface area (Å²) in [7, 11) is 1.62. The number of carbonyl (C=O) groups is 1. The zero-order valence-corrected chi connectivity index (χ0v) is 10.6. The molecular formula is C13H19N3O2. The zero-order valence-electron chi connectivity index (χ0n) is 10.6. The fourth-order valence-corrected chi connectivity index (χ4v) is 2.25. The van der Waals surface area contributed by atoms with Crippen LogP contribution in [-0.4, -0.2) is 42.7 Å². The van der Waals surface area contributed by atoms with E-state index in [-0.39, 0.29) is 12.1 Å². The predicted molar refractivity (Wildman–Crippen MR) is 68.2 cm³/mol. The van der Waals surface area contributed by atoms with Gasteiger partial charge < -0.3 is 15.0 Å². The number of pyridine rings is 1. The number of amides is 2. The van der Waals surface area contributed by atoms with Crippen molar-refractivity contribution >= 4 is 6.03 Å². The molecule has 1 aromatic rings. The van der Waals surface area contributed by atoms with E-state index in [0.29, 0.717) is 13.2 Å². The van der Waals surface area contributed by atoms with Crippen molar-refractivity contribution in [3.05, 3.63) is 30.1 Å². The highest BCUT2D eigenvalue weighted by Gasteiger charge is 2.30. The Bertz CT molecular complexity index is 383. The number of nitrogens with zero attached hydrogens (tertiary/aromatic N) is 2. The van der Waals surface area contributed by atoms with Crippen molar-refractivity contribution in [3.63, 3.8) is 0 Å². The molecule has 1 N–H and O–H groups in total. The van der Waals surface area contributed by atoms with E-state index >= 15 is 0 Å². The number of urea groups is 1. The molecule has 0 aliphatic carbocycles. The second-order valence-electron chi connectivity index (χ2n) is 4.33. The SMILES string of the molecule is COCCNC(=O)N1CCCC1c1ccccn1. The van der Waals surface area contributed by atoms with Gasteiger partial charge in [-0.1, -0.05) is 6.07 Å². The van der Waals surface area contributed by atoms with Crippen molar-refractivity contribution in [2.24, 2.45) is 0 Å². The molecule has 18 heavy (non-hydrogen) atoms. The van der Waals surface area contributed by atoms with Crippen molar-refractivity contribution in [3.8, 4) is 0 Å². The molecule has 0 radical (unpaired) electrons. The Morgan fingerprint density at radius 2 is 2.50 bits per heavy atom. The van der Waals surface area contributed by atoms with Gasteiger partial charge in [-0.05, 0) is 25.0 Å². The van der Waals surface area contributed by atoms with Gasteiger partial charge in [0.2, 0.25) is 0 Å². The molecule has 0 saturated carbocycles. The Balaban J connectivity index is 1.97. The van der Waals surface area contributed by atoms with E-state index in [1.807, 2.05) is 23.1 Å². The summed E-state index contributed by atoms with van der Waals surface area (Å²) < 4.78 is 4.92. The largest absolute Gasteiger partial charge is 0.383 e. The van der Waals surface area contributed by atoms with Crippen LogP contribution in [0.4, 0.5) is 4.79 Å². The molecule has 0 bridgehead atoms. The van der Waals surface area contributed by atoms with E-state index in [4.69, 9.17) is 4.74 Å². The lowest BCUT2D eigenvalue weighted by molar-refractivity contribution is 0.176. The van der Waals surface area contributed by atoms with Crippen LogP contribution in [0, 0.1) is 0 Å². The van der Waals surface area contributed by atoms with Crippen molar-refractivity contribution in [1.29, 1.82) is 0 Å². The van der Waals surface area contributed by atoms with Gasteiger partial charge in [-0.2, -0.15) is 0 Å². The highest BCUT2D eigenvalue weighted by atomic mass is 16.5. The fourth-order valence-electron chi connectivity index (χ4n) is 2.25. The van der Waals surface area contributed by atoms with Crippen LogP contribution in [-0.2, 0) is 4.74 Å². The minimum absolute atomic E-state index is 0.0276. The number of nitrogens with one attached hydrogen (secondary N) is 1. The minimum atomic E-state index is -0.0276. The maximum atomic E-state index is 12.0. The number of hydrogen-bond acceptors (Lipinski definition) is 3. The lowest BCUT2D eigenvalue weighted by Gasteiger charge is -2.24. The molecule has 1 aliphatic rings. The first-order chi connectivity index (χ1) is 8.83. The third-order valence-electron chi connectivity index (χ3n) is 3.13. The smallest absolute Gasteiger partial charge is 0.318 e. The van der Waals surface area contributed by atoms with Crippen LogP contribution < -0.4 is 5.32 Å². The molecule has 1 aromatic heterocycles. The van der Waals surface area contributed by atoms with Crippen LogP contribution in [0.3, 0.4) is 0 Å². The lowest BCUT2D eigenvalue weighted by atomic mass is 10.1. The van der Waals surface area contributed by atoms with E-state index in [0.717, 1.165) is 25.1 Å². The molecule has 1 saturated heterocycles. The first-order valence-corrected chi connectivity index (χ1v) is 6.27. The molecule has 1 aliphatic heterocycles. The molecule has 2 rings (SSSR count). The summed E-state index contributed by atoms with van der Waals surface area (Å²) in [5, 5.41) is 2.86. The van der Waals surface area contributed by atoms with Crippen LogP contribution in [0.5, 0.6) is 0 Å². The second-order valence-corrected chi connectivity index (χ2v) is 4.33. The molecule has 1 atom stereocenters. The van der Waals surface area contributed by atoms with Gasteiger partial charge in [0.25, 0.3) is 0 Å². The van der Waals surface area contributed by atoms with Gasteiger partial charge in [0.1, 0.15) is 0 Å². The molecule has 2 amide bonds. The third-order valence-corrected chi connectivity index (χ3v) is 3.13. The highest BCUT2D eigenvalue weighted by molar-refractivity contribution is 5.75. The number of aromatic nitrogens is 1. The van der Waals surface area contributed by atoms with Gasteiger partial charge in [-0.25, -0.2) is 4.79 Å². The minimum Gasteiger partial charge on any atom is -0.383 e. The lowest BCUT2D eigenvalue weighted by Crippen LogP contribution is -2.40. The monoisotopic (exact) mass is 249 g/mol. The summed E-state index contributed by atoms with van der Waals surface area (Å²) in [5.41, 5.74) is 0.969. The van der Waals surface area contributed by atoms with E-state index in [1.165, 1.54) is 0 Å². The number of hydrogen-bond donors (Lipinski definition) is 1. The van der Waals surface area contributed by atoms with Crippen LogP contribution in [0.15, 0.2) is 24.4 Å². The summed E-state index contributed by atoms with van der Waals surface area (Å²) in [6, 6.07) is 5.91. The molecule has 5 heteroatoms. The summed E-state index contributed by atoms with van der Waals surface area (Å²) in [5.74, 6) is 0. The Morgan fingerprint density at radius 3 is 3.22 bits per heavy atom. The van der Waals surface area contributed by atoms with Crippen molar-refractivity contribution in [2.45, 2.75) is 18.9 Å². The molecule has 0 spiro atoms. The fraction of sp³-hybridized carbons (Fsp3) is 0.538. The van der Waals surface area contributed by atoms with E-state index in [9.17, 15) is 4.79 Å². The Morgan fingerprint density at radius 1 is 1.61 bits per heavy atom. The van der Waals surface area contributed by atoms with Gasteiger partial charge in [-0.15, -0.1) is 0 Å². The average Bonchev–Trinajstić information content (AvgIpc) is 2.89. The Kier molecular flexibility index (Phi) is 4.52. The standard InChI is InChI=1S/C13H19N3O2/c1-18-10-8-15-13(17)16-9-4-6-12(16)11-5-2-3-7-14-11/h2-3,5,7,12H,4,6,8-10H2,1H3,(H,15,17). The Hall–Kier alpha value is -1.62. The van der Waals surface area contributed by atoms with Gasteiger partial charge in [-0.3, -0.25) is 4.98 Å². The van der Waals surface area contributed by atoms with E-state index in [2.05, 4.69) is 10.3 Å². The zero-order chi connectivity index (χ0) is 12.8. The molecule has 1 fully saturated rings. The second kappa shape index (κ2) is 6.35. The van der Waals surface area contributed by atoms with Crippen molar-refractivity contribution < 1.29 is 9.53 Å². The number of likely N-dealkylation sites (tertiary alicyclic amines) is 1.